The second-order valence-corrected chi connectivity index (χ2v) is 5.04. The highest BCUT2D eigenvalue weighted by Crippen LogP contribution is 2.09. The lowest BCUT2D eigenvalue weighted by atomic mass is 10.0. The first kappa shape index (κ1) is 16.0. The van der Waals surface area contributed by atoms with Crippen LogP contribution in [0.25, 0.3) is 0 Å². The number of hydrogen-bond donors (Lipinski definition) is 2. The summed E-state index contributed by atoms with van der Waals surface area (Å²) in [6, 6.07) is 6.76. The van der Waals surface area contributed by atoms with Gasteiger partial charge in [-0.3, -0.25) is 9.59 Å². The zero-order valence-corrected chi connectivity index (χ0v) is 12.3. The summed E-state index contributed by atoms with van der Waals surface area (Å²) < 4.78 is 0. The maximum atomic E-state index is 12.2. The van der Waals surface area contributed by atoms with Crippen LogP contribution in [0, 0.1) is 12.8 Å². The van der Waals surface area contributed by atoms with Gasteiger partial charge in [-0.2, -0.15) is 0 Å². The van der Waals surface area contributed by atoms with Gasteiger partial charge in [0.05, 0.1) is 0 Å². The van der Waals surface area contributed by atoms with E-state index < -0.39 is 6.04 Å². The quantitative estimate of drug-likeness (QED) is 0.780. The van der Waals surface area contributed by atoms with Crippen molar-refractivity contribution in [2.75, 3.05) is 6.54 Å². The summed E-state index contributed by atoms with van der Waals surface area (Å²) in [6.07, 6.45) is 1.61. The highest BCUT2D eigenvalue weighted by atomic mass is 16.2. The summed E-state index contributed by atoms with van der Waals surface area (Å²) in [5.41, 5.74) is 1.48. The van der Waals surface area contributed by atoms with Crippen LogP contribution in [0.4, 0.5) is 0 Å². The van der Waals surface area contributed by atoms with Gasteiger partial charge in [0.15, 0.2) is 0 Å². The molecule has 0 saturated heterocycles. The third-order valence-electron chi connectivity index (χ3n) is 3.05. The first-order valence-electron chi connectivity index (χ1n) is 6.72. The zero-order chi connectivity index (χ0) is 15.1. The van der Waals surface area contributed by atoms with Gasteiger partial charge in [0.1, 0.15) is 6.04 Å². The minimum Gasteiger partial charge on any atom is -0.351 e. The summed E-state index contributed by atoms with van der Waals surface area (Å²) in [7, 11) is 0. The van der Waals surface area contributed by atoms with E-state index in [2.05, 4.69) is 17.2 Å². The molecule has 0 aliphatic heterocycles. The Bertz CT molecular complexity index is 495. The molecule has 0 saturated carbocycles. The first-order chi connectivity index (χ1) is 9.47. The number of amides is 2. The van der Waals surface area contributed by atoms with Gasteiger partial charge in [0.25, 0.3) is 5.91 Å². The molecule has 20 heavy (non-hydrogen) atoms. The van der Waals surface area contributed by atoms with Crippen LogP contribution in [-0.2, 0) is 4.79 Å². The van der Waals surface area contributed by atoms with Crippen LogP contribution in [0.2, 0.25) is 0 Å². The predicted octanol–water partition coefficient (Wildman–Crippen LogP) is 2.05. The van der Waals surface area contributed by atoms with E-state index in [-0.39, 0.29) is 17.7 Å². The largest absolute Gasteiger partial charge is 0.351 e. The van der Waals surface area contributed by atoms with E-state index in [1.54, 1.807) is 12.1 Å². The second kappa shape index (κ2) is 7.48. The molecule has 1 atom stereocenters. The van der Waals surface area contributed by atoms with E-state index in [1.165, 1.54) is 0 Å². The minimum absolute atomic E-state index is 0.00721. The van der Waals surface area contributed by atoms with Crippen molar-refractivity contribution in [3.63, 3.8) is 0 Å². The van der Waals surface area contributed by atoms with E-state index in [4.69, 9.17) is 0 Å². The van der Waals surface area contributed by atoms with Gasteiger partial charge in [-0.25, -0.2) is 0 Å². The molecule has 4 heteroatoms. The van der Waals surface area contributed by atoms with Crippen molar-refractivity contribution in [2.24, 2.45) is 5.92 Å². The minimum atomic E-state index is -0.554. The molecular weight excluding hydrogens is 252 g/mol. The van der Waals surface area contributed by atoms with E-state index in [0.717, 1.165) is 5.56 Å². The van der Waals surface area contributed by atoms with E-state index in [1.807, 2.05) is 39.0 Å². The fourth-order valence-electron chi connectivity index (χ4n) is 1.86. The number of carbonyl (C=O) groups is 2. The lowest BCUT2D eigenvalue weighted by Gasteiger charge is -2.21. The molecule has 0 fully saturated rings. The SMILES string of the molecule is C=CCNC(=O)[C@@H](NC(=O)c1ccccc1C)C(C)C. The summed E-state index contributed by atoms with van der Waals surface area (Å²) in [6.45, 7) is 9.62. The molecule has 0 radical (unpaired) electrons. The number of rotatable bonds is 6. The molecule has 0 aromatic heterocycles. The number of nitrogens with one attached hydrogen (secondary N) is 2. The number of hydrogen-bond acceptors (Lipinski definition) is 2. The number of aryl methyl sites for hydroxylation is 1. The predicted molar refractivity (Wildman–Crippen MR) is 80.5 cm³/mol. The molecule has 0 spiro atoms. The summed E-state index contributed by atoms with van der Waals surface area (Å²) in [4.78, 5) is 24.3. The molecule has 0 heterocycles. The molecule has 0 aliphatic rings. The summed E-state index contributed by atoms with van der Waals surface area (Å²) in [5.74, 6) is -0.412. The zero-order valence-electron chi connectivity index (χ0n) is 12.3. The molecule has 4 nitrogen and oxygen atoms in total. The molecule has 0 unspecified atom stereocenters. The van der Waals surface area contributed by atoms with Gasteiger partial charge in [0.2, 0.25) is 5.91 Å². The number of benzene rings is 1. The van der Waals surface area contributed by atoms with Gasteiger partial charge in [-0.05, 0) is 24.5 Å². The lowest BCUT2D eigenvalue weighted by molar-refractivity contribution is -0.123. The third-order valence-corrected chi connectivity index (χ3v) is 3.05. The van der Waals surface area contributed by atoms with Crippen molar-refractivity contribution in [2.45, 2.75) is 26.8 Å². The van der Waals surface area contributed by atoms with Crippen molar-refractivity contribution in [1.29, 1.82) is 0 Å². The maximum Gasteiger partial charge on any atom is 0.252 e. The second-order valence-electron chi connectivity index (χ2n) is 5.04. The molecule has 0 bridgehead atoms. The van der Waals surface area contributed by atoms with Crippen LogP contribution >= 0.6 is 0 Å². The first-order valence-corrected chi connectivity index (χ1v) is 6.72. The van der Waals surface area contributed by atoms with Gasteiger partial charge in [-0.15, -0.1) is 6.58 Å². The van der Waals surface area contributed by atoms with Crippen molar-refractivity contribution in [3.05, 3.63) is 48.0 Å². The van der Waals surface area contributed by atoms with Gasteiger partial charge >= 0.3 is 0 Å². The maximum absolute atomic E-state index is 12.2. The average molecular weight is 274 g/mol. The lowest BCUT2D eigenvalue weighted by Crippen LogP contribution is -2.49. The Hall–Kier alpha value is -2.10. The Morgan fingerprint density at radius 2 is 1.95 bits per heavy atom. The van der Waals surface area contributed by atoms with Crippen LogP contribution in [0.1, 0.15) is 29.8 Å². The van der Waals surface area contributed by atoms with Gasteiger partial charge in [-0.1, -0.05) is 38.1 Å². The van der Waals surface area contributed by atoms with E-state index in [0.29, 0.717) is 12.1 Å². The highest BCUT2D eigenvalue weighted by Gasteiger charge is 2.24. The fourth-order valence-corrected chi connectivity index (χ4v) is 1.86. The average Bonchev–Trinajstić information content (AvgIpc) is 2.42. The Morgan fingerprint density at radius 1 is 1.30 bits per heavy atom. The van der Waals surface area contributed by atoms with Gasteiger partial charge in [0, 0.05) is 12.1 Å². The molecule has 2 amide bonds. The molecule has 108 valence electrons. The summed E-state index contributed by atoms with van der Waals surface area (Å²) >= 11 is 0. The van der Waals surface area contributed by atoms with Crippen LogP contribution < -0.4 is 10.6 Å². The van der Waals surface area contributed by atoms with Crippen LogP contribution in [0.3, 0.4) is 0 Å². The molecule has 1 aromatic rings. The Morgan fingerprint density at radius 3 is 2.50 bits per heavy atom. The smallest absolute Gasteiger partial charge is 0.252 e. The highest BCUT2D eigenvalue weighted by molar-refractivity contribution is 5.98. The molecular formula is C16H22N2O2. The topological polar surface area (TPSA) is 58.2 Å². The van der Waals surface area contributed by atoms with Crippen LogP contribution in [0.15, 0.2) is 36.9 Å². The standard InChI is InChI=1S/C16H22N2O2/c1-5-10-17-16(20)14(11(2)3)18-15(19)13-9-7-6-8-12(13)4/h5-9,11,14H,1,10H2,2-4H3,(H,17,20)(H,18,19)/t14-/m0/s1. The van der Waals surface area contributed by atoms with E-state index >= 15 is 0 Å². The van der Waals surface area contributed by atoms with Crippen molar-refractivity contribution in [1.82, 2.24) is 10.6 Å². The molecule has 1 aromatic carbocycles. The van der Waals surface area contributed by atoms with Crippen LogP contribution in [-0.4, -0.2) is 24.4 Å². The van der Waals surface area contributed by atoms with Gasteiger partial charge < -0.3 is 10.6 Å². The van der Waals surface area contributed by atoms with Crippen LogP contribution in [0.5, 0.6) is 0 Å². The third kappa shape index (κ3) is 4.23. The van der Waals surface area contributed by atoms with Crippen molar-refractivity contribution < 1.29 is 9.59 Å². The Labute approximate surface area is 120 Å². The monoisotopic (exact) mass is 274 g/mol. The fraction of sp³-hybridized carbons (Fsp3) is 0.375. The van der Waals surface area contributed by atoms with Crippen molar-refractivity contribution >= 4 is 11.8 Å². The molecule has 1 rings (SSSR count). The number of carbonyl (C=O) groups excluding carboxylic acids is 2. The normalized spacial score (nSPS) is 11.8. The van der Waals surface area contributed by atoms with Crippen molar-refractivity contribution in [3.8, 4) is 0 Å². The Balaban J connectivity index is 2.81. The van der Waals surface area contributed by atoms with E-state index in [9.17, 15) is 9.59 Å². The Kier molecular flexibility index (Phi) is 5.97. The molecule has 0 aliphatic carbocycles. The molecule has 2 N–H and O–H groups in total. The summed E-state index contributed by atoms with van der Waals surface area (Å²) in [5, 5.41) is 5.51.